The van der Waals surface area contributed by atoms with Gasteiger partial charge in [-0.3, -0.25) is 14.4 Å². The predicted molar refractivity (Wildman–Crippen MR) is 85.9 cm³/mol. The van der Waals surface area contributed by atoms with Gasteiger partial charge in [-0.2, -0.15) is 5.10 Å². The highest BCUT2D eigenvalue weighted by Gasteiger charge is 2.26. The van der Waals surface area contributed by atoms with Gasteiger partial charge in [0.1, 0.15) is 5.69 Å². The number of carbonyl (C=O) groups excluding carboxylic acids is 1. The molecule has 0 radical (unpaired) electrons. The third-order valence-corrected chi connectivity index (χ3v) is 4.65. The molecule has 118 valence electrons. The standard InChI is InChI=1S/C15H21N5OS/c1-11(2)19-7-12(20-13(8-19)4-6-18-20)3-5-16-15(21)14-9-22-10-17-14/h4,6,9-12H,3,5,7-8H2,1-2H3,(H,16,21)/t12-/m1/s1. The number of aromatic nitrogens is 3. The number of rotatable bonds is 5. The first-order valence-electron chi connectivity index (χ1n) is 7.58. The lowest BCUT2D eigenvalue weighted by Gasteiger charge is -2.36. The van der Waals surface area contributed by atoms with Crippen molar-refractivity contribution in [2.75, 3.05) is 13.1 Å². The molecular weight excluding hydrogens is 298 g/mol. The summed E-state index contributed by atoms with van der Waals surface area (Å²) in [7, 11) is 0. The van der Waals surface area contributed by atoms with E-state index in [9.17, 15) is 4.79 Å². The Morgan fingerprint density at radius 3 is 3.14 bits per heavy atom. The van der Waals surface area contributed by atoms with E-state index < -0.39 is 0 Å². The molecule has 0 fully saturated rings. The largest absolute Gasteiger partial charge is 0.351 e. The van der Waals surface area contributed by atoms with Crippen molar-refractivity contribution in [1.29, 1.82) is 0 Å². The Labute approximate surface area is 134 Å². The summed E-state index contributed by atoms with van der Waals surface area (Å²) in [5.74, 6) is -0.0986. The SMILES string of the molecule is CC(C)N1Cc2ccnn2[C@H](CCNC(=O)c2cscn2)C1. The van der Waals surface area contributed by atoms with Crippen LogP contribution in [0.3, 0.4) is 0 Å². The molecule has 22 heavy (non-hydrogen) atoms. The topological polar surface area (TPSA) is 63.1 Å². The molecular formula is C15H21N5OS. The lowest BCUT2D eigenvalue weighted by atomic mass is 10.1. The molecule has 6 nitrogen and oxygen atoms in total. The van der Waals surface area contributed by atoms with E-state index in [0.29, 0.717) is 24.3 Å². The van der Waals surface area contributed by atoms with E-state index in [1.807, 2.05) is 6.20 Å². The van der Waals surface area contributed by atoms with E-state index in [0.717, 1.165) is 19.5 Å². The van der Waals surface area contributed by atoms with E-state index in [-0.39, 0.29) is 5.91 Å². The monoisotopic (exact) mass is 319 g/mol. The van der Waals surface area contributed by atoms with Crippen LogP contribution in [-0.4, -0.2) is 44.7 Å². The van der Waals surface area contributed by atoms with Crippen molar-refractivity contribution in [2.24, 2.45) is 0 Å². The highest BCUT2D eigenvalue weighted by molar-refractivity contribution is 7.07. The molecule has 1 amide bonds. The summed E-state index contributed by atoms with van der Waals surface area (Å²) in [6.45, 7) is 6.98. The summed E-state index contributed by atoms with van der Waals surface area (Å²) < 4.78 is 2.11. The lowest BCUT2D eigenvalue weighted by Crippen LogP contribution is -2.42. The number of hydrogen-bond donors (Lipinski definition) is 1. The van der Waals surface area contributed by atoms with E-state index in [2.05, 4.69) is 44.9 Å². The fraction of sp³-hybridized carbons (Fsp3) is 0.533. The van der Waals surface area contributed by atoms with Crippen LogP contribution in [0.1, 0.15) is 42.5 Å². The number of nitrogens with one attached hydrogen (secondary N) is 1. The van der Waals surface area contributed by atoms with Crippen LogP contribution in [0, 0.1) is 0 Å². The maximum absolute atomic E-state index is 11.9. The average Bonchev–Trinajstić information content (AvgIpc) is 3.18. The van der Waals surface area contributed by atoms with Gasteiger partial charge in [-0.25, -0.2) is 4.98 Å². The lowest BCUT2D eigenvalue weighted by molar-refractivity contribution is 0.0939. The molecule has 3 rings (SSSR count). The van der Waals surface area contributed by atoms with Gasteiger partial charge in [0.25, 0.3) is 5.91 Å². The maximum atomic E-state index is 11.9. The van der Waals surface area contributed by atoms with Crippen LogP contribution in [0.4, 0.5) is 0 Å². The molecule has 0 bridgehead atoms. The summed E-state index contributed by atoms with van der Waals surface area (Å²) in [5.41, 5.74) is 3.42. The van der Waals surface area contributed by atoms with Gasteiger partial charge in [0.15, 0.2) is 0 Å². The Morgan fingerprint density at radius 2 is 2.41 bits per heavy atom. The highest BCUT2D eigenvalue weighted by Crippen LogP contribution is 2.24. The van der Waals surface area contributed by atoms with Crippen LogP contribution in [-0.2, 0) is 6.54 Å². The molecule has 0 spiro atoms. The number of amides is 1. The van der Waals surface area contributed by atoms with Crippen molar-refractivity contribution >= 4 is 17.2 Å². The number of fused-ring (bicyclic) bond motifs is 1. The third-order valence-electron chi connectivity index (χ3n) is 4.07. The summed E-state index contributed by atoms with van der Waals surface area (Å²) in [5, 5.41) is 9.16. The van der Waals surface area contributed by atoms with Crippen molar-refractivity contribution < 1.29 is 4.79 Å². The number of hydrogen-bond acceptors (Lipinski definition) is 5. The second-order valence-electron chi connectivity index (χ2n) is 5.86. The number of carbonyl (C=O) groups is 1. The molecule has 1 aliphatic rings. The normalized spacial score (nSPS) is 18.4. The summed E-state index contributed by atoms with van der Waals surface area (Å²) in [6, 6.07) is 2.89. The van der Waals surface area contributed by atoms with Gasteiger partial charge < -0.3 is 5.32 Å². The molecule has 1 atom stereocenters. The smallest absolute Gasteiger partial charge is 0.270 e. The minimum Gasteiger partial charge on any atom is -0.351 e. The first-order chi connectivity index (χ1) is 10.6. The Balaban J connectivity index is 1.59. The van der Waals surface area contributed by atoms with Crippen molar-refractivity contribution in [3.05, 3.63) is 34.5 Å². The molecule has 0 unspecified atom stereocenters. The molecule has 3 heterocycles. The van der Waals surface area contributed by atoms with Gasteiger partial charge in [0.05, 0.1) is 17.2 Å². The molecule has 2 aromatic heterocycles. The van der Waals surface area contributed by atoms with Crippen LogP contribution in [0.15, 0.2) is 23.2 Å². The van der Waals surface area contributed by atoms with E-state index >= 15 is 0 Å². The molecule has 0 aliphatic carbocycles. The van der Waals surface area contributed by atoms with Gasteiger partial charge in [-0.15, -0.1) is 11.3 Å². The zero-order chi connectivity index (χ0) is 15.5. The Kier molecular flexibility index (Phi) is 4.54. The van der Waals surface area contributed by atoms with Crippen LogP contribution in [0.5, 0.6) is 0 Å². The zero-order valence-electron chi connectivity index (χ0n) is 12.9. The Bertz CT molecular complexity index is 622. The highest BCUT2D eigenvalue weighted by atomic mass is 32.1. The molecule has 1 N–H and O–H groups in total. The number of nitrogens with zero attached hydrogens (tertiary/aromatic N) is 4. The van der Waals surface area contributed by atoms with Crippen molar-refractivity contribution in [3.63, 3.8) is 0 Å². The van der Waals surface area contributed by atoms with Crippen LogP contribution in [0.25, 0.3) is 0 Å². The van der Waals surface area contributed by atoms with Crippen LogP contribution < -0.4 is 5.32 Å². The van der Waals surface area contributed by atoms with Crippen molar-refractivity contribution in [3.8, 4) is 0 Å². The summed E-state index contributed by atoms with van der Waals surface area (Å²) in [4.78, 5) is 18.4. The van der Waals surface area contributed by atoms with Gasteiger partial charge >= 0.3 is 0 Å². The van der Waals surface area contributed by atoms with Crippen LogP contribution >= 0.6 is 11.3 Å². The second kappa shape index (κ2) is 6.58. The predicted octanol–water partition coefficient (Wildman–Crippen LogP) is 1.92. The number of thiazole rings is 1. The quantitative estimate of drug-likeness (QED) is 0.914. The first kappa shape index (κ1) is 15.2. The van der Waals surface area contributed by atoms with Gasteiger partial charge in [0.2, 0.25) is 0 Å². The molecule has 0 saturated carbocycles. The molecule has 0 aromatic carbocycles. The fourth-order valence-corrected chi connectivity index (χ4v) is 3.32. The Morgan fingerprint density at radius 1 is 1.55 bits per heavy atom. The van der Waals surface area contributed by atoms with E-state index in [4.69, 9.17) is 0 Å². The first-order valence-corrected chi connectivity index (χ1v) is 8.52. The summed E-state index contributed by atoms with van der Waals surface area (Å²) in [6.07, 6.45) is 2.73. The fourth-order valence-electron chi connectivity index (χ4n) is 2.79. The summed E-state index contributed by atoms with van der Waals surface area (Å²) >= 11 is 1.43. The molecule has 1 aliphatic heterocycles. The van der Waals surface area contributed by atoms with E-state index in [1.165, 1.54) is 17.0 Å². The molecule has 0 saturated heterocycles. The second-order valence-corrected chi connectivity index (χ2v) is 6.58. The van der Waals surface area contributed by atoms with E-state index in [1.54, 1.807) is 10.9 Å². The minimum absolute atomic E-state index is 0.0986. The van der Waals surface area contributed by atoms with Crippen molar-refractivity contribution in [1.82, 2.24) is 25.0 Å². The Hall–Kier alpha value is -1.73. The van der Waals surface area contributed by atoms with Gasteiger partial charge in [-0.05, 0) is 26.3 Å². The van der Waals surface area contributed by atoms with Gasteiger partial charge in [0, 0.05) is 37.3 Å². The van der Waals surface area contributed by atoms with Crippen molar-refractivity contribution in [2.45, 2.75) is 38.9 Å². The van der Waals surface area contributed by atoms with Crippen LogP contribution in [0.2, 0.25) is 0 Å². The average molecular weight is 319 g/mol. The maximum Gasteiger partial charge on any atom is 0.270 e. The van der Waals surface area contributed by atoms with Gasteiger partial charge in [-0.1, -0.05) is 0 Å². The molecule has 7 heteroatoms. The third kappa shape index (κ3) is 3.20. The minimum atomic E-state index is -0.0986. The zero-order valence-corrected chi connectivity index (χ0v) is 13.7. The molecule has 2 aromatic rings.